The second-order valence-electron chi connectivity index (χ2n) is 5.66. The van der Waals surface area contributed by atoms with Gasteiger partial charge >= 0.3 is 0 Å². The number of nitrogens with zero attached hydrogens (tertiary/aromatic N) is 2. The largest absolute Gasteiger partial charge is 0.497 e. The highest BCUT2D eigenvalue weighted by Crippen LogP contribution is 2.27. The van der Waals surface area contributed by atoms with Gasteiger partial charge in [0.1, 0.15) is 17.1 Å². The van der Waals surface area contributed by atoms with E-state index in [-0.39, 0.29) is 11.4 Å². The minimum Gasteiger partial charge on any atom is -0.497 e. The first-order valence-electron chi connectivity index (χ1n) is 8.09. The van der Waals surface area contributed by atoms with E-state index in [4.69, 9.17) is 10.5 Å². The van der Waals surface area contributed by atoms with Crippen LogP contribution >= 0.6 is 22.6 Å². The summed E-state index contributed by atoms with van der Waals surface area (Å²) in [7, 11) is 1.60. The van der Waals surface area contributed by atoms with Gasteiger partial charge in [-0.25, -0.2) is 4.99 Å². The third-order valence-corrected chi connectivity index (χ3v) is 4.65. The molecule has 27 heavy (non-hydrogen) atoms. The van der Waals surface area contributed by atoms with Gasteiger partial charge in [-0.3, -0.25) is 9.89 Å². The molecule has 0 atom stereocenters. The van der Waals surface area contributed by atoms with Crippen LogP contribution in [0.4, 0.5) is 17.3 Å². The molecule has 1 heterocycles. The van der Waals surface area contributed by atoms with Crippen LogP contribution in [0.1, 0.15) is 21.5 Å². The Morgan fingerprint density at radius 2 is 2.15 bits per heavy atom. The van der Waals surface area contributed by atoms with Gasteiger partial charge in [0.2, 0.25) is 0 Å². The highest BCUT2D eigenvalue weighted by Gasteiger charge is 2.18. The number of aliphatic imine (C=N–C) groups is 1. The monoisotopic (exact) mass is 475 g/mol. The standard InChI is InChI=1S/C19H18IN5O2/c1-27-15-7-3-5-13(9-15)11-22-18-16(17(21)26)19(25-24-18)23-14-6-2-4-12(8-14)10-20/h2-9,11H,10H2,1H3,(H2,21,26)(H2,23,24,25). The topological polar surface area (TPSA) is 105 Å². The van der Waals surface area contributed by atoms with Crippen molar-refractivity contribution >= 4 is 52.0 Å². The van der Waals surface area contributed by atoms with E-state index in [0.717, 1.165) is 21.2 Å². The first kappa shape index (κ1) is 18.9. The van der Waals surface area contributed by atoms with E-state index in [1.165, 1.54) is 0 Å². The molecule has 3 rings (SSSR count). The quantitative estimate of drug-likeness (QED) is 0.274. The molecule has 0 saturated carbocycles. The Hall–Kier alpha value is -2.88. The number of anilines is 2. The van der Waals surface area contributed by atoms with E-state index in [9.17, 15) is 4.79 Å². The zero-order valence-electron chi connectivity index (χ0n) is 14.6. The molecule has 138 valence electrons. The van der Waals surface area contributed by atoms with Crippen molar-refractivity contribution in [2.45, 2.75) is 4.43 Å². The van der Waals surface area contributed by atoms with Crippen LogP contribution in [0.2, 0.25) is 0 Å². The molecule has 0 bridgehead atoms. The van der Waals surface area contributed by atoms with E-state index >= 15 is 0 Å². The van der Waals surface area contributed by atoms with Crippen molar-refractivity contribution in [1.82, 2.24) is 10.2 Å². The Morgan fingerprint density at radius 1 is 1.33 bits per heavy atom. The predicted octanol–water partition coefficient (Wildman–Crippen LogP) is 3.95. The molecule has 7 nitrogen and oxygen atoms in total. The molecule has 2 aromatic carbocycles. The molecule has 1 amide bonds. The SMILES string of the molecule is COc1cccc(C=Nc2n[nH]c(Nc3cccc(CI)c3)c2C(N)=O)c1. The first-order chi connectivity index (χ1) is 13.1. The highest BCUT2D eigenvalue weighted by atomic mass is 127. The fourth-order valence-corrected chi connectivity index (χ4v) is 2.96. The lowest BCUT2D eigenvalue weighted by Crippen LogP contribution is -2.12. The Balaban J connectivity index is 1.88. The van der Waals surface area contributed by atoms with Crippen molar-refractivity contribution in [3.05, 3.63) is 65.2 Å². The number of carbonyl (C=O) groups excluding carboxylic acids is 1. The molecule has 3 aromatic rings. The smallest absolute Gasteiger partial charge is 0.256 e. The summed E-state index contributed by atoms with van der Waals surface area (Å²) in [5, 5.41) is 10.1. The van der Waals surface area contributed by atoms with E-state index < -0.39 is 5.91 Å². The molecular formula is C19H18IN5O2. The highest BCUT2D eigenvalue weighted by molar-refractivity contribution is 14.1. The van der Waals surface area contributed by atoms with Crippen LogP contribution in [-0.4, -0.2) is 29.4 Å². The van der Waals surface area contributed by atoms with Crippen LogP contribution < -0.4 is 15.8 Å². The van der Waals surface area contributed by atoms with Gasteiger partial charge in [0, 0.05) is 16.3 Å². The number of alkyl halides is 1. The minimum absolute atomic E-state index is 0.203. The second-order valence-corrected chi connectivity index (χ2v) is 6.42. The lowest BCUT2D eigenvalue weighted by atomic mass is 10.2. The summed E-state index contributed by atoms with van der Waals surface area (Å²) in [6.07, 6.45) is 1.60. The summed E-state index contributed by atoms with van der Waals surface area (Å²) < 4.78 is 6.07. The molecule has 0 aliphatic heterocycles. The Bertz CT molecular complexity index is 984. The van der Waals surface area contributed by atoms with Gasteiger partial charge in [-0.1, -0.05) is 46.9 Å². The Labute approximate surface area is 170 Å². The molecule has 8 heteroatoms. The van der Waals surface area contributed by atoms with E-state index in [2.05, 4.69) is 43.1 Å². The van der Waals surface area contributed by atoms with E-state index in [1.54, 1.807) is 13.3 Å². The molecule has 0 fully saturated rings. The summed E-state index contributed by atoms with van der Waals surface area (Å²) in [5.74, 6) is 0.728. The number of H-pyrrole nitrogens is 1. The number of amides is 1. The summed E-state index contributed by atoms with van der Waals surface area (Å²) in [6, 6.07) is 15.3. The second kappa shape index (κ2) is 8.67. The van der Waals surface area contributed by atoms with Crippen LogP contribution in [0.3, 0.4) is 0 Å². The molecule has 0 unspecified atom stereocenters. The average Bonchev–Trinajstić information content (AvgIpc) is 3.09. The molecule has 0 spiro atoms. The number of hydrogen-bond acceptors (Lipinski definition) is 5. The third kappa shape index (κ3) is 4.64. The number of nitrogens with one attached hydrogen (secondary N) is 2. The first-order valence-corrected chi connectivity index (χ1v) is 9.61. The molecule has 0 saturated heterocycles. The number of methoxy groups -OCH3 is 1. The van der Waals surface area contributed by atoms with Crippen LogP contribution in [0.5, 0.6) is 5.75 Å². The molecule has 0 aliphatic rings. The molecule has 1 aromatic heterocycles. The van der Waals surface area contributed by atoms with Crippen molar-refractivity contribution in [2.75, 3.05) is 12.4 Å². The maximum Gasteiger partial charge on any atom is 0.256 e. The fraction of sp³-hybridized carbons (Fsp3) is 0.105. The number of halogens is 1. The van der Waals surface area contributed by atoms with Crippen molar-refractivity contribution in [1.29, 1.82) is 0 Å². The number of ether oxygens (including phenoxy) is 1. The van der Waals surface area contributed by atoms with Crippen LogP contribution in [0.15, 0.2) is 53.5 Å². The molecule has 0 radical (unpaired) electrons. The van der Waals surface area contributed by atoms with Crippen molar-refractivity contribution in [3.8, 4) is 5.75 Å². The number of primary amides is 1. The zero-order chi connectivity index (χ0) is 19.2. The molecule has 4 N–H and O–H groups in total. The number of hydrogen-bond donors (Lipinski definition) is 3. The number of benzene rings is 2. The number of carbonyl (C=O) groups is 1. The van der Waals surface area contributed by atoms with Crippen LogP contribution in [-0.2, 0) is 4.43 Å². The molecular weight excluding hydrogens is 457 g/mol. The normalized spacial score (nSPS) is 10.9. The summed E-state index contributed by atoms with van der Waals surface area (Å²) in [6.45, 7) is 0. The lowest BCUT2D eigenvalue weighted by molar-refractivity contribution is 0.100. The summed E-state index contributed by atoms with van der Waals surface area (Å²) in [5.41, 5.74) is 8.57. The Kier molecular flexibility index (Phi) is 6.07. The van der Waals surface area contributed by atoms with Crippen LogP contribution in [0, 0.1) is 0 Å². The van der Waals surface area contributed by atoms with Crippen LogP contribution in [0.25, 0.3) is 0 Å². The van der Waals surface area contributed by atoms with Crippen molar-refractivity contribution < 1.29 is 9.53 Å². The van der Waals surface area contributed by atoms with E-state index in [0.29, 0.717) is 11.6 Å². The minimum atomic E-state index is -0.617. The van der Waals surface area contributed by atoms with Gasteiger partial charge in [-0.2, -0.15) is 5.10 Å². The lowest BCUT2D eigenvalue weighted by Gasteiger charge is -2.06. The number of nitrogens with two attached hydrogens (primary N) is 1. The van der Waals surface area contributed by atoms with Gasteiger partial charge in [-0.05, 0) is 35.4 Å². The number of aromatic nitrogens is 2. The predicted molar refractivity (Wildman–Crippen MR) is 115 cm³/mol. The maximum absolute atomic E-state index is 12.0. The maximum atomic E-state index is 12.0. The molecule has 0 aliphatic carbocycles. The van der Waals surface area contributed by atoms with Gasteiger partial charge < -0.3 is 15.8 Å². The number of rotatable bonds is 7. The van der Waals surface area contributed by atoms with Gasteiger partial charge in [0.25, 0.3) is 5.91 Å². The van der Waals surface area contributed by atoms with Crippen molar-refractivity contribution in [2.24, 2.45) is 10.7 Å². The number of aromatic amines is 1. The summed E-state index contributed by atoms with van der Waals surface area (Å²) >= 11 is 2.29. The van der Waals surface area contributed by atoms with Gasteiger partial charge in [0.15, 0.2) is 5.82 Å². The van der Waals surface area contributed by atoms with Gasteiger partial charge in [-0.15, -0.1) is 0 Å². The average molecular weight is 475 g/mol. The third-order valence-electron chi connectivity index (χ3n) is 3.77. The van der Waals surface area contributed by atoms with E-state index in [1.807, 2.05) is 48.5 Å². The summed E-state index contributed by atoms with van der Waals surface area (Å²) in [4.78, 5) is 16.3. The van der Waals surface area contributed by atoms with Crippen molar-refractivity contribution in [3.63, 3.8) is 0 Å². The fourth-order valence-electron chi connectivity index (χ4n) is 2.48. The van der Waals surface area contributed by atoms with Gasteiger partial charge in [0.05, 0.1) is 7.11 Å². The Morgan fingerprint density at radius 3 is 2.89 bits per heavy atom. The zero-order valence-corrected chi connectivity index (χ0v) is 16.7.